The molecular weight excluding hydrogens is 288 g/mol. The molecular formula is C15H22N2O3S. The average Bonchev–Trinajstić information content (AvgIpc) is 2.47. The summed E-state index contributed by atoms with van der Waals surface area (Å²) >= 11 is 0. The molecule has 1 aromatic carbocycles. The molecule has 1 heterocycles. The van der Waals surface area contributed by atoms with Crippen LogP contribution in [0.4, 0.5) is 0 Å². The second-order valence-corrected chi connectivity index (χ2v) is 7.64. The normalized spacial score (nSPS) is 17.2. The maximum Gasteiger partial charge on any atom is 0.243 e. The van der Waals surface area contributed by atoms with Gasteiger partial charge in [-0.3, -0.25) is 4.79 Å². The number of hydrogen-bond acceptors (Lipinski definition) is 3. The lowest BCUT2D eigenvalue weighted by atomic mass is 10.2. The Bertz CT molecular complexity index is 600. The van der Waals surface area contributed by atoms with Gasteiger partial charge in [-0.15, -0.1) is 0 Å². The summed E-state index contributed by atoms with van der Waals surface area (Å²) in [6.45, 7) is 7.27. The van der Waals surface area contributed by atoms with Gasteiger partial charge in [0, 0.05) is 32.1 Å². The van der Waals surface area contributed by atoms with E-state index < -0.39 is 10.0 Å². The smallest absolute Gasteiger partial charge is 0.243 e. The molecule has 0 spiro atoms. The van der Waals surface area contributed by atoms with Gasteiger partial charge in [-0.05, 0) is 19.1 Å². The van der Waals surface area contributed by atoms with Gasteiger partial charge in [-0.2, -0.15) is 4.31 Å². The second-order valence-electron chi connectivity index (χ2n) is 5.70. The zero-order valence-electron chi connectivity index (χ0n) is 12.7. The molecule has 1 aliphatic heterocycles. The van der Waals surface area contributed by atoms with Crippen molar-refractivity contribution in [3.63, 3.8) is 0 Å². The standard InChI is InChI=1S/C15H22N2O3S/c1-12(2)15(18)16-8-10-17(11-9-16)21(19,20)14-6-4-13(3)5-7-14/h4-7,12H,8-11H2,1-3H3. The monoisotopic (exact) mass is 310 g/mol. The van der Waals surface area contributed by atoms with E-state index in [9.17, 15) is 13.2 Å². The van der Waals surface area contributed by atoms with Gasteiger partial charge in [0.05, 0.1) is 4.90 Å². The quantitative estimate of drug-likeness (QED) is 0.850. The molecule has 1 amide bonds. The Morgan fingerprint density at radius 1 is 1.05 bits per heavy atom. The van der Waals surface area contributed by atoms with Crippen LogP contribution in [0.1, 0.15) is 19.4 Å². The van der Waals surface area contributed by atoms with E-state index in [0.717, 1.165) is 5.56 Å². The molecule has 0 radical (unpaired) electrons. The average molecular weight is 310 g/mol. The summed E-state index contributed by atoms with van der Waals surface area (Å²) in [5.74, 6) is 0.0349. The largest absolute Gasteiger partial charge is 0.340 e. The van der Waals surface area contributed by atoms with E-state index in [0.29, 0.717) is 31.1 Å². The number of sulfonamides is 1. The number of benzene rings is 1. The van der Waals surface area contributed by atoms with Gasteiger partial charge in [0.25, 0.3) is 0 Å². The minimum atomic E-state index is -3.45. The minimum absolute atomic E-state index is 0.0507. The Morgan fingerprint density at radius 2 is 1.57 bits per heavy atom. The van der Waals surface area contributed by atoms with Crippen LogP contribution in [0.5, 0.6) is 0 Å². The van der Waals surface area contributed by atoms with Gasteiger partial charge in [0.2, 0.25) is 15.9 Å². The van der Waals surface area contributed by atoms with Crippen LogP contribution in [0.25, 0.3) is 0 Å². The van der Waals surface area contributed by atoms with Crippen molar-refractivity contribution in [2.45, 2.75) is 25.7 Å². The summed E-state index contributed by atoms with van der Waals surface area (Å²) in [6, 6.07) is 6.86. The predicted octanol–water partition coefficient (Wildman–Crippen LogP) is 1.48. The highest BCUT2D eigenvalue weighted by molar-refractivity contribution is 7.89. The third-order valence-corrected chi connectivity index (χ3v) is 5.62. The van der Waals surface area contributed by atoms with Crippen LogP contribution >= 0.6 is 0 Å². The Balaban J connectivity index is 2.07. The van der Waals surface area contributed by atoms with Crippen LogP contribution in [0.3, 0.4) is 0 Å². The molecule has 6 heteroatoms. The highest BCUT2D eigenvalue weighted by atomic mass is 32.2. The van der Waals surface area contributed by atoms with Crippen molar-refractivity contribution in [2.75, 3.05) is 26.2 Å². The zero-order valence-corrected chi connectivity index (χ0v) is 13.6. The molecule has 0 bridgehead atoms. The van der Waals surface area contributed by atoms with Crippen molar-refractivity contribution in [3.05, 3.63) is 29.8 Å². The summed E-state index contributed by atoms with van der Waals surface area (Å²) < 4.78 is 26.5. The van der Waals surface area contributed by atoms with Gasteiger partial charge in [-0.25, -0.2) is 8.42 Å². The minimum Gasteiger partial charge on any atom is -0.340 e. The maximum absolute atomic E-state index is 12.5. The van der Waals surface area contributed by atoms with Gasteiger partial charge < -0.3 is 4.90 Å². The van der Waals surface area contributed by atoms with Gasteiger partial charge in [-0.1, -0.05) is 31.5 Å². The van der Waals surface area contributed by atoms with Crippen LogP contribution < -0.4 is 0 Å². The molecule has 0 aliphatic carbocycles. The summed E-state index contributed by atoms with van der Waals surface area (Å²) in [6.07, 6.45) is 0. The second kappa shape index (κ2) is 6.15. The fourth-order valence-corrected chi connectivity index (χ4v) is 3.80. The first kappa shape index (κ1) is 16.0. The topological polar surface area (TPSA) is 57.7 Å². The van der Waals surface area contributed by atoms with Gasteiger partial charge >= 0.3 is 0 Å². The Morgan fingerprint density at radius 3 is 2.05 bits per heavy atom. The molecule has 21 heavy (non-hydrogen) atoms. The fourth-order valence-electron chi connectivity index (χ4n) is 2.37. The van der Waals surface area contributed by atoms with Crippen molar-refractivity contribution in [3.8, 4) is 0 Å². The van der Waals surface area contributed by atoms with E-state index in [1.54, 1.807) is 29.2 Å². The molecule has 1 fully saturated rings. The predicted molar refractivity (Wildman–Crippen MR) is 81.4 cm³/mol. The fraction of sp³-hybridized carbons (Fsp3) is 0.533. The Labute approximate surface area is 126 Å². The van der Waals surface area contributed by atoms with E-state index in [1.165, 1.54) is 4.31 Å². The van der Waals surface area contributed by atoms with E-state index in [-0.39, 0.29) is 11.8 Å². The van der Waals surface area contributed by atoms with Crippen molar-refractivity contribution in [2.24, 2.45) is 5.92 Å². The number of carbonyl (C=O) groups excluding carboxylic acids is 1. The van der Waals surface area contributed by atoms with E-state index in [1.807, 2.05) is 20.8 Å². The van der Waals surface area contributed by atoms with Crippen LogP contribution in [-0.4, -0.2) is 49.7 Å². The Kier molecular flexibility index (Phi) is 4.68. The van der Waals surface area contributed by atoms with Gasteiger partial charge in [0.1, 0.15) is 0 Å². The lowest BCUT2D eigenvalue weighted by molar-refractivity contribution is -0.135. The molecule has 0 atom stereocenters. The molecule has 0 unspecified atom stereocenters. The summed E-state index contributed by atoms with van der Waals surface area (Å²) in [7, 11) is -3.45. The number of aryl methyl sites for hydroxylation is 1. The third kappa shape index (κ3) is 3.44. The zero-order chi connectivity index (χ0) is 15.6. The first-order valence-electron chi connectivity index (χ1n) is 7.18. The molecule has 2 rings (SSSR count). The summed E-state index contributed by atoms with van der Waals surface area (Å²) in [5, 5.41) is 0. The molecule has 1 aromatic rings. The number of amides is 1. The van der Waals surface area contributed by atoms with Crippen LogP contribution in [0, 0.1) is 12.8 Å². The molecule has 1 saturated heterocycles. The Hall–Kier alpha value is -1.40. The first-order valence-corrected chi connectivity index (χ1v) is 8.62. The van der Waals surface area contributed by atoms with Crippen LogP contribution in [0.15, 0.2) is 29.2 Å². The van der Waals surface area contributed by atoms with E-state index >= 15 is 0 Å². The molecule has 5 nitrogen and oxygen atoms in total. The molecule has 0 saturated carbocycles. The number of piperazine rings is 1. The van der Waals surface area contributed by atoms with Crippen molar-refractivity contribution in [1.82, 2.24) is 9.21 Å². The van der Waals surface area contributed by atoms with Crippen LogP contribution in [-0.2, 0) is 14.8 Å². The van der Waals surface area contributed by atoms with Crippen LogP contribution in [0.2, 0.25) is 0 Å². The molecule has 116 valence electrons. The number of hydrogen-bond donors (Lipinski definition) is 0. The number of rotatable bonds is 3. The number of carbonyl (C=O) groups is 1. The lowest BCUT2D eigenvalue weighted by Gasteiger charge is -2.34. The highest BCUT2D eigenvalue weighted by Crippen LogP contribution is 2.18. The molecule has 1 aliphatic rings. The summed E-state index contributed by atoms with van der Waals surface area (Å²) in [4.78, 5) is 14.0. The third-order valence-electron chi connectivity index (χ3n) is 3.70. The van der Waals surface area contributed by atoms with E-state index in [4.69, 9.17) is 0 Å². The van der Waals surface area contributed by atoms with Crippen molar-refractivity contribution >= 4 is 15.9 Å². The van der Waals surface area contributed by atoms with Gasteiger partial charge in [0.15, 0.2) is 0 Å². The number of nitrogens with zero attached hydrogens (tertiary/aromatic N) is 2. The molecule has 0 aromatic heterocycles. The summed E-state index contributed by atoms with van der Waals surface area (Å²) in [5.41, 5.74) is 1.03. The van der Waals surface area contributed by atoms with E-state index in [2.05, 4.69) is 0 Å². The lowest BCUT2D eigenvalue weighted by Crippen LogP contribution is -2.51. The SMILES string of the molecule is Cc1ccc(S(=O)(=O)N2CCN(C(=O)C(C)C)CC2)cc1. The molecule has 0 N–H and O–H groups in total. The highest BCUT2D eigenvalue weighted by Gasteiger charge is 2.30. The van der Waals surface area contributed by atoms with Crippen molar-refractivity contribution < 1.29 is 13.2 Å². The first-order chi connectivity index (χ1) is 9.82. The maximum atomic E-state index is 12.5. The van der Waals surface area contributed by atoms with Crippen molar-refractivity contribution in [1.29, 1.82) is 0 Å².